The molecule has 0 aliphatic rings. The van der Waals surface area contributed by atoms with E-state index in [9.17, 15) is 32.7 Å². The van der Waals surface area contributed by atoms with Gasteiger partial charge in [0.05, 0.1) is 29.8 Å². The Morgan fingerprint density at radius 3 is 2.50 bits per heavy atom. The summed E-state index contributed by atoms with van der Waals surface area (Å²) in [6.45, 7) is 1.25. The summed E-state index contributed by atoms with van der Waals surface area (Å²) in [5.74, 6) is -0.774. The van der Waals surface area contributed by atoms with Gasteiger partial charge in [0.2, 0.25) is 5.91 Å². The first-order chi connectivity index (χ1) is 14.0. The van der Waals surface area contributed by atoms with Gasteiger partial charge in [-0.3, -0.25) is 24.3 Å². The number of nitro benzene ring substituents is 1. The van der Waals surface area contributed by atoms with Crippen molar-refractivity contribution >= 4 is 44.6 Å². The van der Waals surface area contributed by atoms with E-state index in [0.717, 1.165) is 12.1 Å². The van der Waals surface area contributed by atoms with Crippen LogP contribution in [0, 0.1) is 10.1 Å². The van der Waals surface area contributed by atoms with Crippen LogP contribution in [0.5, 0.6) is 5.75 Å². The predicted molar refractivity (Wildman–Crippen MR) is 104 cm³/mol. The summed E-state index contributed by atoms with van der Waals surface area (Å²) in [6, 6.07) is 7.02. The van der Waals surface area contributed by atoms with E-state index >= 15 is 0 Å². The van der Waals surface area contributed by atoms with Crippen molar-refractivity contribution in [3.05, 3.63) is 46.5 Å². The van der Waals surface area contributed by atoms with Crippen molar-refractivity contribution in [1.29, 1.82) is 0 Å². The lowest BCUT2D eigenvalue weighted by atomic mass is 10.2. The van der Waals surface area contributed by atoms with Crippen LogP contribution < -0.4 is 10.1 Å². The molecule has 0 atom stereocenters. The summed E-state index contributed by atoms with van der Waals surface area (Å²) in [5, 5.41) is 21.2. The van der Waals surface area contributed by atoms with Gasteiger partial charge in [-0.25, -0.2) is 0 Å². The third-order valence-electron chi connectivity index (χ3n) is 3.55. The molecule has 0 unspecified atom stereocenters. The number of anilines is 1. The Morgan fingerprint density at radius 1 is 1.23 bits per heavy atom. The minimum atomic E-state index is -4.73. The van der Waals surface area contributed by atoms with Crippen molar-refractivity contribution in [2.75, 3.05) is 12.4 Å². The number of ketones is 1. The third-order valence-corrected chi connectivity index (χ3v) is 4.38. The summed E-state index contributed by atoms with van der Waals surface area (Å²) >= 11 is 0. The number of nitrogens with one attached hydrogen (secondary N) is 1. The fraction of sp³-hybridized carbons (Fsp3) is 0.176. The highest BCUT2D eigenvalue weighted by atomic mass is 32.2. The van der Waals surface area contributed by atoms with Gasteiger partial charge in [-0.2, -0.15) is 13.5 Å². The van der Waals surface area contributed by atoms with E-state index in [1.54, 1.807) is 6.07 Å². The maximum Gasteiger partial charge on any atom is 0.294 e. The topological polar surface area (TPSA) is 178 Å². The quantitative estimate of drug-likeness (QED) is 0.208. The maximum atomic E-state index is 11.9. The van der Waals surface area contributed by atoms with Crippen molar-refractivity contribution < 1.29 is 32.2 Å². The molecule has 2 rings (SSSR count). The normalized spacial score (nSPS) is 11.3. The monoisotopic (exact) mass is 436 g/mol. The number of azo groups is 1. The van der Waals surface area contributed by atoms with Gasteiger partial charge in [-0.1, -0.05) is 6.07 Å². The molecule has 0 aliphatic heterocycles. The van der Waals surface area contributed by atoms with E-state index < -0.39 is 31.5 Å². The number of carbonyl (C=O) groups is 2. The molecule has 158 valence electrons. The molecule has 0 saturated carbocycles. The molecule has 13 heteroatoms. The second-order valence-corrected chi connectivity index (χ2v) is 7.32. The maximum absolute atomic E-state index is 11.9. The standard InChI is InChI=1S/C17H16N4O8S/c1-10(22)6-16(23)18-14-4-3-5-15(29-2)17(14)20-19-11-7-12(21(24)25)9-13(8-11)30(26,27)28/h3-5,7-9H,6H2,1-2H3,(H,18,23)(H,26,27,28). The summed E-state index contributed by atoms with van der Waals surface area (Å²) < 4.78 is 37.1. The number of Topliss-reactive ketones (excluding diaryl/α,β-unsaturated/α-hetero) is 1. The van der Waals surface area contributed by atoms with Gasteiger partial charge < -0.3 is 10.1 Å². The molecule has 0 fully saturated rings. The molecule has 0 heterocycles. The van der Waals surface area contributed by atoms with Gasteiger partial charge in [0.1, 0.15) is 16.4 Å². The smallest absolute Gasteiger partial charge is 0.294 e. The molecule has 30 heavy (non-hydrogen) atoms. The lowest BCUT2D eigenvalue weighted by molar-refractivity contribution is -0.385. The highest BCUT2D eigenvalue weighted by molar-refractivity contribution is 7.85. The van der Waals surface area contributed by atoms with Crippen LogP contribution in [0.15, 0.2) is 51.5 Å². The second kappa shape index (κ2) is 9.19. The number of rotatable bonds is 8. The largest absolute Gasteiger partial charge is 0.494 e. The number of ether oxygens (including phenoxy) is 1. The van der Waals surface area contributed by atoms with Gasteiger partial charge in [0.15, 0.2) is 5.69 Å². The first kappa shape index (κ1) is 22.6. The molecule has 0 aliphatic carbocycles. The summed E-state index contributed by atoms with van der Waals surface area (Å²) in [4.78, 5) is 32.5. The molecule has 0 radical (unpaired) electrons. The molecule has 2 aromatic rings. The van der Waals surface area contributed by atoms with Crippen LogP contribution in [0.25, 0.3) is 0 Å². The van der Waals surface area contributed by atoms with Crippen molar-refractivity contribution in [1.82, 2.24) is 0 Å². The van der Waals surface area contributed by atoms with E-state index in [1.807, 2.05) is 0 Å². The van der Waals surface area contributed by atoms with E-state index in [2.05, 4.69) is 15.5 Å². The van der Waals surface area contributed by atoms with Gasteiger partial charge >= 0.3 is 0 Å². The van der Waals surface area contributed by atoms with Crippen LogP contribution in [0.3, 0.4) is 0 Å². The zero-order valence-electron chi connectivity index (χ0n) is 15.7. The molecule has 2 N–H and O–H groups in total. The molecule has 0 bridgehead atoms. The average molecular weight is 436 g/mol. The SMILES string of the molecule is COc1cccc(NC(=O)CC(C)=O)c1N=Nc1cc([N+](=O)[O-])cc(S(=O)(=O)O)c1. The Kier molecular flexibility index (Phi) is 6.92. The van der Waals surface area contributed by atoms with E-state index in [-0.39, 0.29) is 35.0 Å². The number of non-ortho nitro benzene ring substituents is 1. The Morgan fingerprint density at radius 2 is 1.93 bits per heavy atom. The van der Waals surface area contributed by atoms with Crippen molar-refractivity contribution in [3.63, 3.8) is 0 Å². The van der Waals surface area contributed by atoms with Crippen molar-refractivity contribution in [3.8, 4) is 5.75 Å². The Bertz CT molecular complexity index is 1140. The highest BCUT2D eigenvalue weighted by Crippen LogP contribution is 2.37. The zero-order valence-corrected chi connectivity index (χ0v) is 16.5. The zero-order chi connectivity index (χ0) is 22.5. The van der Waals surface area contributed by atoms with E-state index in [1.165, 1.54) is 26.2 Å². The molecule has 2 aromatic carbocycles. The molecule has 0 spiro atoms. The van der Waals surface area contributed by atoms with E-state index in [4.69, 9.17) is 4.74 Å². The highest BCUT2D eigenvalue weighted by Gasteiger charge is 2.18. The van der Waals surface area contributed by atoms with Crippen molar-refractivity contribution in [2.24, 2.45) is 10.2 Å². The van der Waals surface area contributed by atoms with Gasteiger partial charge in [-0.05, 0) is 25.1 Å². The third kappa shape index (κ3) is 5.89. The summed E-state index contributed by atoms with van der Waals surface area (Å²) in [5.41, 5.74) is -0.709. The van der Waals surface area contributed by atoms with Crippen molar-refractivity contribution in [2.45, 2.75) is 18.2 Å². The molecule has 1 amide bonds. The molecular formula is C17H16N4O8S. The number of nitro groups is 1. The Labute approximate surface area is 170 Å². The summed E-state index contributed by atoms with van der Waals surface area (Å²) in [6.07, 6.45) is -0.365. The minimum absolute atomic E-state index is 0.0248. The van der Waals surface area contributed by atoms with Crippen LogP contribution >= 0.6 is 0 Å². The number of hydrogen-bond acceptors (Lipinski definition) is 9. The lowest BCUT2D eigenvalue weighted by Gasteiger charge is -2.10. The number of hydrogen-bond donors (Lipinski definition) is 2. The van der Waals surface area contributed by atoms with Crippen LogP contribution in [-0.4, -0.2) is 36.7 Å². The fourth-order valence-electron chi connectivity index (χ4n) is 2.30. The second-order valence-electron chi connectivity index (χ2n) is 5.90. The number of carbonyl (C=O) groups excluding carboxylic acids is 2. The Balaban J connectivity index is 2.51. The van der Waals surface area contributed by atoms with Gasteiger partial charge in [0.25, 0.3) is 15.8 Å². The Hall–Kier alpha value is -3.71. The predicted octanol–water partition coefficient (Wildman–Crippen LogP) is 3.18. The van der Waals surface area contributed by atoms with Gasteiger partial charge in [-0.15, -0.1) is 5.11 Å². The molecule has 12 nitrogen and oxygen atoms in total. The van der Waals surface area contributed by atoms with Crippen LogP contribution in [0.2, 0.25) is 0 Å². The van der Waals surface area contributed by atoms with Crippen LogP contribution in [-0.2, 0) is 19.7 Å². The number of methoxy groups -OCH3 is 1. The molecule has 0 aromatic heterocycles. The van der Waals surface area contributed by atoms with Gasteiger partial charge in [0, 0.05) is 12.1 Å². The van der Waals surface area contributed by atoms with Crippen LogP contribution in [0.1, 0.15) is 13.3 Å². The fourth-order valence-corrected chi connectivity index (χ4v) is 2.84. The number of amides is 1. The first-order valence-corrected chi connectivity index (χ1v) is 9.60. The average Bonchev–Trinajstić information content (AvgIpc) is 2.65. The first-order valence-electron chi connectivity index (χ1n) is 8.16. The minimum Gasteiger partial charge on any atom is -0.494 e. The van der Waals surface area contributed by atoms with E-state index in [0.29, 0.717) is 6.07 Å². The molecule has 0 saturated heterocycles. The number of nitrogens with zero attached hydrogens (tertiary/aromatic N) is 3. The summed E-state index contributed by atoms with van der Waals surface area (Å²) in [7, 11) is -3.40. The lowest BCUT2D eigenvalue weighted by Crippen LogP contribution is -2.14. The molecular weight excluding hydrogens is 420 g/mol. The van der Waals surface area contributed by atoms with Crippen LogP contribution in [0.4, 0.5) is 22.7 Å². The number of benzene rings is 2.